The van der Waals surface area contributed by atoms with Crippen LogP contribution in [0.4, 0.5) is 11.4 Å². The first-order valence-electron chi connectivity index (χ1n) is 6.65. The molecule has 0 saturated carbocycles. The summed E-state index contributed by atoms with van der Waals surface area (Å²) in [5, 5.41) is 20.0. The Morgan fingerprint density at radius 1 is 1.35 bits per heavy atom. The molecule has 0 aliphatic carbocycles. The maximum atomic E-state index is 11.0. The van der Waals surface area contributed by atoms with Gasteiger partial charge in [0.1, 0.15) is 5.56 Å². The molecule has 1 fully saturated rings. The van der Waals surface area contributed by atoms with Gasteiger partial charge in [0, 0.05) is 24.8 Å². The van der Waals surface area contributed by atoms with Gasteiger partial charge in [0.25, 0.3) is 5.69 Å². The summed E-state index contributed by atoms with van der Waals surface area (Å²) >= 11 is 0. The third kappa shape index (κ3) is 2.89. The second-order valence-corrected chi connectivity index (χ2v) is 5.61. The number of benzene rings is 1. The van der Waals surface area contributed by atoms with E-state index in [2.05, 4.69) is 18.7 Å². The number of nitro benzene ring substituents is 1. The average molecular weight is 278 g/mol. The Bertz CT molecular complexity index is 534. The number of hydrogen-bond acceptors (Lipinski definition) is 4. The topological polar surface area (TPSA) is 83.7 Å². The minimum Gasteiger partial charge on any atom is -0.477 e. The van der Waals surface area contributed by atoms with Crippen molar-refractivity contribution in [3.05, 3.63) is 33.9 Å². The number of nitro groups is 1. The zero-order valence-corrected chi connectivity index (χ0v) is 11.6. The molecule has 2 atom stereocenters. The summed E-state index contributed by atoms with van der Waals surface area (Å²) in [6, 6.07) is 4.34. The highest BCUT2D eigenvalue weighted by molar-refractivity contribution is 5.93. The minimum atomic E-state index is -1.27. The van der Waals surface area contributed by atoms with Gasteiger partial charge in [0.15, 0.2) is 0 Å². The molecule has 1 aromatic rings. The normalized spacial score (nSPS) is 22.6. The molecule has 2 rings (SSSR count). The van der Waals surface area contributed by atoms with Crippen molar-refractivity contribution in [2.24, 2.45) is 11.8 Å². The molecule has 0 amide bonds. The van der Waals surface area contributed by atoms with Crippen LogP contribution in [-0.4, -0.2) is 29.1 Å². The maximum Gasteiger partial charge on any atom is 0.342 e. The standard InChI is InChI=1S/C14H18N2O4/c1-9-5-10(2)8-15(7-9)11-3-4-12(14(17)18)13(6-11)16(19)20/h3-4,6,9-10H,5,7-8H2,1-2H3,(H,17,18). The van der Waals surface area contributed by atoms with E-state index in [1.165, 1.54) is 12.1 Å². The van der Waals surface area contributed by atoms with E-state index in [1.807, 2.05) is 0 Å². The van der Waals surface area contributed by atoms with Gasteiger partial charge in [-0.3, -0.25) is 10.1 Å². The first-order chi connectivity index (χ1) is 9.38. The van der Waals surface area contributed by atoms with Crippen LogP contribution in [0.1, 0.15) is 30.6 Å². The van der Waals surface area contributed by atoms with Gasteiger partial charge in [-0.25, -0.2) is 4.79 Å². The van der Waals surface area contributed by atoms with Gasteiger partial charge in [-0.1, -0.05) is 13.8 Å². The summed E-state index contributed by atoms with van der Waals surface area (Å²) in [6.07, 6.45) is 1.14. The maximum absolute atomic E-state index is 11.0. The molecule has 108 valence electrons. The van der Waals surface area contributed by atoms with Crippen LogP contribution in [-0.2, 0) is 0 Å². The summed E-state index contributed by atoms with van der Waals surface area (Å²) < 4.78 is 0. The van der Waals surface area contributed by atoms with E-state index in [0.717, 1.165) is 25.2 Å². The lowest BCUT2D eigenvalue weighted by molar-refractivity contribution is -0.385. The number of carboxylic acid groups (broad SMARTS) is 1. The highest BCUT2D eigenvalue weighted by Crippen LogP contribution is 2.30. The number of aromatic carboxylic acids is 1. The number of rotatable bonds is 3. The molecule has 6 heteroatoms. The number of piperidine rings is 1. The second kappa shape index (κ2) is 5.48. The Morgan fingerprint density at radius 3 is 2.45 bits per heavy atom. The lowest BCUT2D eigenvalue weighted by Crippen LogP contribution is -2.38. The van der Waals surface area contributed by atoms with Crippen LogP contribution in [0.5, 0.6) is 0 Å². The van der Waals surface area contributed by atoms with Crippen LogP contribution in [0, 0.1) is 22.0 Å². The number of carbonyl (C=O) groups is 1. The van der Waals surface area contributed by atoms with Gasteiger partial charge in [0.05, 0.1) is 4.92 Å². The molecular formula is C14H18N2O4. The van der Waals surface area contributed by atoms with Gasteiger partial charge in [-0.05, 0) is 30.4 Å². The molecule has 2 unspecified atom stereocenters. The van der Waals surface area contributed by atoms with Gasteiger partial charge >= 0.3 is 5.97 Å². The smallest absolute Gasteiger partial charge is 0.342 e. The largest absolute Gasteiger partial charge is 0.477 e. The lowest BCUT2D eigenvalue weighted by Gasteiger charge is -2.36. The highest BCUT2D eigenvalue weighted by atomic mass is 16.6. The van der Waals surface area contributed by atoms with Crippen molar-refractivity contribution >= 4 is 17.3 Å². The van der Waals surface area contributed by atoms with Crippen LogP contribution in [0.3, 0.4) is 0 Å². The molecule has 1 aliphatic rings. The van der Waals surface area contributed by atoms with E-state index in [1.54, 1.807) is 6.07 Å². The molecule has 1 aliphatic heterocycles. The summed E-state index contributed by atoms with van der Waals surface area (Å²) in [6.45, 7) is 5.99. The van der Waals surface area contributed by atoms with Crippen molar-refractivity contribution in [3.8, 4) is 0 Å². The second-order valence-electron chi connectivity index (χ2n) is 5.61. The molecule has 0 bridgehead atoms. The molecular weight excluding hydrogens is 260 g/mol. The molecule has 6 nitrogen and oxygen atoms in total. The Kier molecular flexibility index (Phi) is 3.92. The fraction of sp³-hybridized carbons (Fsp3) is 0.500. The van der Waals surface area contributed by atoms with Crippen LogP contribution in [0.2, 0.25) is 0 Å². The van der Waals surface area contributed by atoms with E-state index < -0.39 is 10.9 Å². The molecule has 0 aromatic heterocycles. The summed E-state index contributed by atoms with van der Waals surface area (Å²) in [4.78, 5) is 23.5. The zero-order valence-electron chi connectivity index (χ0n) is 11.6. The molecule has 0 radical (unpaired) electrons. The molecule has 20 heavy (non-hydrogen) atoms. The summed E-state index contributed by atoms with van der Waals surface area (Å²) in [5.74, 6) is -0.224. The van der Waals surface area contributed by atoms with Crippen molar-refractivity contribution in [2.75, 3.05) is 18.0 Å². The van der Waals surface area contributed by atoms with Gasteiger partial charge in [0.2, 0.25) is 0 Å². The van der Waals surface area contributed by atoms with Crippen molar-refractivity contribution in [3.63, 3.8) is 0 Å². The number of hydrogen-bond donors (Lipinski definition) is 1. The molecule has 1 saturated heterocycles. The quantitative estimate of drug-likeness (QED) is 0.679. The molecule has 1 heterocycles. The molecule has 0 spiro atoms. The van der Waals surface area contributed by atoms with E-state index in [-0.39, 0.29) is 11.3 Å². The first kappa shape index (κ1) is 14.3. The molecule has 1 N–H and O–H groups in total. The Morgan fingerprint density at radius 2 is 1.95 bits per heavy atom. The fourth-order valence-corrected chi connectivity index (χ4v) is 2.92. The van der Waals surface area contributed by atoms with Crippen molar-refractivity contribution in [1.82, 2.24) is 0 Å². The van der Waals surface area contributed by atoms with E-state index in [4.69, 9.17) is 5.11 Å². The van der Waals surface area contributed by atoms with Crippen LogP contribution in [0.15, 0.2) is 18.2 Å². The predicted octanol–water partition coefficient (Wildman–Crippen LogP) is 2.78. The average Bonchev–Trinajstić information content (AvgIpc) is 2.36. The fourth-order valence-electron chi connectivity index (χ4n) is 2.92. The first-order valence-corrected chi connectivity index (χ1v) is 6.65. The summed E-state index contributed by atoms with van der Waals surface area (Å²) in [7, 11) is 0. The Balaban J connectivity index is 2.36. The van der Waals surface area contributed by atoms with Gasteiger partial charge in [-0.15, -0.1) is 0 Å². The van der Waals surface area contributed by atoms with Crippen molar-refractivity contribution in [2.45, 2.75) is 20.3 Å². The lowest BCUT2D eigenvalue weighted by atomic mass is 9.91. The minimum absolute atomic E-state index is 0.267. The number of carboxylic acids is 1. The van der Waals surface area contributed by atoms with Crippen LogP contribution >= 0.6 is 0 Å². The highest BCUT2D eigenvalue weighted by Gasteiger charge is 2.25. The van der Waals surface area contributed by atoms with Crippen LogP contribution in [0.25, 0.3) is 0 Å². The van der Waals surface area contributed by atoms with Crippen molar-refractivity contribution in [1.29, 1.82) is 0 Å². The number of nitrogens with zero attached hydrogens (tertiary/aromatic N) is 2. The third-order valence-corrected chi connectivity index (χ3v) is 3.64. The Labute approximate surface area is 117 Å². The van der Waals surface area contributed by atoms with Gasteiger partial charge in [-0.2, -0.15) is 0 Å². The van der Waals surface area contributed by atoms with Crippen LogP contribution < -0.4 is 4.90 Å². The third-order valence-electron chi connectivity index (χ3n) is 3.64. The monoisotopic (exact) mass is 278 g/mol. The number of anilines is 1. The van der Waals surface area contributed by atoms with E-state index >= 15 is 0 Å². The van der Waals surface area contributed by atoms with E-state index in [9.17, 15) is 14.9 Å². The molecule has 1 aromatic carbocycles. The SMILES string of the molecule is CC1CC(C)CN(c2ccc(C(=O)O)c([N+](=O)[O-])c2)C1. The van der Waals surface area contributed by atoms with E-state index in [0.29, 0.717) is 11.8 Å². The zero-order chi connectivity index (χ0) is 14.9. The Hall–Kier alpha value is -2.11. The predicted molar refractivity (Wildman–Crippen MR) is 75.2 cm³/mol. The van der Waals surface area contributed by atoms with Crippen molar-refractivity contribution < 1.29 is 14.8 Å². The summed E-state index contributed by atoms with van der Waals surface area (Å²) in [5.41, 5.74) is 0.109. The van der Waals surface area contributed by atoms with Gasteiger partial charge < -0.3 is 10.0 Å².